The van der Waals surface area contributed by atoms with Crippen LogP contribution in [-0.4, -0.2) is 24.8 Å². The maximum Gasteiger partial charge on any atom is 0.411 e. The Balaban J connectivity index is 1.86. The predicted molar refractivity (Wildman–Crippen MR) is 80.9 cm³/mol. The summed E-state index contributed by atoms with van der Waals surface area (Å²) in [5, 5.41) is 6.16. The summed E-state index contributed by atoms with van der Waals surface area (Å²) in [6, 6.07) is 8.40. The molecule has 0 heterocycles. The van der Waals surface area contributed by atoms with Crippen LogP contribution in [0, 0.1) is 0 Å². The topological polar surface area (TPSA) is 76.4 Å². The number of rotatable bonds is 4. The molecule has 1 aromatic rings. The van der Waals surface area contributed by atoms with E-state index in [1.807, 2.05) is 24.3 Å². The third kappa shape index (κ3) is 4.42. The van der Waals surface area contributed by atoms with E-state index in [-0.39, 0.29) is 0 Å². The van der Waals surface area contributed by atoms with E-state index in [1.54, 1.807) is 6.92 Å². The average Bonchev–Trinajstić information content (AvgIpc) is 2.41. The summed E-state index contributed by atoms with van der Waals surface area (Å²) in [4.78, 5) is 11.3. The van der Waals surface area contributed by atoms with Crippen LogP contribution in [0.15, 0.2) is 24.3 Å². The summed E-state index contributed by atoms with van der Waals surface area (Å²) in [6.07, 6.45) is 4.06. The van der Waals surface area contributed by atoms with Crippen LogP contribution in [-0.2, 0) is 4.74 Å². The summed E-state index contributed by atoms with van der Waals surface area (Å²) >= 11 is 0. The highest BCUT2D eigenvalue weighted by atomic mass is 16.5. The monoisotopic (exact) mass is 277 g/mol. The van der Waals surface area contributed by atoms with Gasteiger partial charge in [-0.2, -0.15) is 0 Å². The van der Waals surface area contributed by atoms with Crippen LogP contribution < -0.4 is 16.4 Å². The van der Waals surface area contributed by atoms with Gasteiger partial charge < -0.3 is 15.8 Å². The molecule has 0 radical (unpaired) electrons. The molecule has 2 rings (SSSR count). The first-order valence-corrected chi connectivity index (χ1v) is 7.23. The Morgan fingerprint density at radius 2 is 2.00 bits per heavy atom. The van der Waals surface area contributed by atoms with Gasteiger partial charge in [-0.15, -0.1) is 0 Å². The zero-order valence-electron chi connectivity index (χ0n) is 11.9. The Hall–Kier alpha value is -1.75. The second-order valence-corrected chi connectivity index (χ2v) is 5.19. The molecule has 1 saturated carbocycles. The molecule has 0 aliphatic heterocycles. The second kappa shape index (κ2) is 7.14. The van der Waals surface area contributed by atoms with E-state index in [9.17, 15) is 4.79 Å². The lowest BCUT2D eigenvalue weighted by Gasteiger charge is -2.28. The summed E-state index contributed by atoms with van der Waals surface area (Å²) in [6.45, 7) is 2.15. The van der Waals surface area contributed by atoms with E-state index in [2.05, 4.69) is 10.6 Å². The van der Waals surface area contributed by atoms with E-state index in [0.717, 1.165) is 30.6 Å². The maximum atomic E-state index is 11.3. The maximum absolute atomic E-state index is 11.3. The van der Waals surface area contributed by atoms with Crippen LogP contribution in [0.2, 0.25) is 0 Å². The number of carbonyl (C=O) groups is 1. The molecule has 5 nitrogen and oxygen atoms in total. The van der Waals surface area contributed by atoms with Gasteiger partial charge in [-0.25, -0.2) is 4.79 Å². The molecule has 110 valence electrons. The fourth-order valence-electron chi connectivity index (χ4n) is 2.53. The van der Waals surface area contributed by atoms with Crippen molar-refractivity contribution in [1.82, 2.24) is 0 Å². The number of benzene rings is 1. The quantitative estimate of drug-likeness (QED) is 0.791. The Labute approximate surface area is 119 Å². The van der Waals surface area contributed by atoms with Gasteiger partial charge in [-0.05, 0) is 56.9 Å². The summed E-state index contributed by atoms with van der Waals surface area (Å²) in [5.41, 5.74) is 7.77. The molecule has 20 heavy (non-hydrogen) atoms. The highest BCUT2D eigenvalue weighted by Gasteiger charge is 2.18. The van der Waals surface area contributed by atoms with Crippen LogP contribution in [0.1, 0.15) is 32.6 Å². The molecule has 0 spiro atoms. The smallest absolute Gasteiger partial charge is 0.411 e. The third-order valence-electron chi connectivity index (χ3n) is 3.49. The Kier molecular flexibility index (Phi) is 5.24. The van der Waals surface area contributed by atoms with E-state index < -0.39 is 6.09 Å². The molecule has 0 saturated heterocycles. The number of amides is 1. The Morgan fingerprint density at radius 3 is 2.65 bits per heavy atom. The van der Waals surface area contributed by atoms with Crippen LogP contribution >= 0.6 is 0 Å². The number of nitrogens with one attached hydrogen (secondary N) is 2. The van der Waals surface area contributed by atoms with Gasteiger partial charge in [0.05, 0.1) is 6.61 Å². The van der Waals surface area contributed by atoms with E-state index >= 15 is 0 Å². The average molecular weight is 277 g/mol. The van der Waals surface area contributed by atoms with Gasteiger partial charge in [-0.1, -0.05) is 0 Å². The largest absolute Gasteiger partial charge is 0.450 e. The number of anilines is 2. The van der Waals surface area contributed by atoms with Crippen LogP contribution in [0.4, 0.5) is 16.2 Å². The number of carbonyl (C=O) groups excluding carboxylic acids is 1. The van der Waals surface area contributed by atoms with Gasteiger partial charge in [0, 0.05) is 23.5 Å². The first-order chi connectivity index (χ1) is 9.67. The van der Waals surface area contributed by atoms with Crippen molar-refractivity contribution in [2.24, 2.45) is 5.73 Å². The summed E-state index contributed by atoms with van der Waals surface area (Å²) in [5.74, 6) is 0. The molecule has 1 aromatic carbocycles. The van der Waals surface area contributed by atoms with Crippen molar-refractivity contribution in [1.29, 1.82) is 0 Å². The van der Waals surface area contributed by atoms with Crippen molar-refractivity contribution in [2.75, 3.05) is 17.2 Å². The molecule has 0 bridgehead atoms. The minimum Gasteiger partial charge on any atom is -0.450 e. The van der Waals surface area contributed by atoms with Gasteiger partial charge in [0.15, 0.2) is 0 Å². The van der Waals surface area contributed by atoms with Crippen molar-refractivity contribution < 1.29 is 9.53 Å². The van der Waals surface area contributed by atoms with Crippen molar-refractivity contribution in [3.63, 3.8) is 0 Å². The highest BCUT2D eigenvalue weighted by molar-refractivity contribution is 5.84. The molecular weight excluding hydrogens is 254 g/mol. The van der Waals surface area contributed by atoms with Gasteiger partial charge in [-0.3, -0.25) is 5.32 Å². The van der Waals surface area contributed by atoms with Crippen molar-refractivity contribution >= 4 is 17.5 Å². The first-order valence-electron chi connectivity index (χ1n) is 7.23. The van der Waals surface area contributed by atoms with Crippen molar-refractivity contribution in [2.45, 2.75) is 44.7 Å². The fourth-order valence-corrected chi connectivity index (χ4v) is 2.53. The summed E-state index contributed by atoms with van der Waals surface area (Å²) in [7, 11) is 0. The Bertz CT molecular complexity index is 433. The van der Waals surface area contributed by atoms with E-state index in [4.69, 9.17) is 10.5 Å². The lowest BCUT2D eigenvalue weighted by Crippen LogP contribution is -2.34. The molecular formula is C15H23N3O2. The molecule has 1 amide bonds. The van der Waals surface area contributed by atoms with Gasteiger partial charge in [0.25, 0.3) is 0 Å². The zero-order valence-corrected chi connectivity index (χ0v) is 11.9. The number of hydrogen-bond acceptors (Lipinski definition) is 4. The molecule has 4 N–H and O–H groups in total. The van der Waals surface area contributed by atoms with Gasteiger partial charge >= 0.3 is 6.09 Å². The molecule has 1 fully saturated rings. The first kappa shape index (κ1) is 14.7. The van der Waals surface area contributed by atoms with E-state index in [0.29, 0.717) is 18.7 Å². The lowest BCUT2D eigenvalue weighted by atomic mass is 9.91. The minimum absolute atomic E-state index is 0.311. The highest BCUT2D eigenvalue weighted by Crippen LogP contribution is 2.22. The Morgan fingerprint density at radius 1 is 1.30 bits per heavy atom. The number of ether oxygens (including phenoxy) is 1. The normalized spacial score (nSPS) is 22.1. The van der Waals surface area contributed by atoms with Crippen molar-refractivity contribution in [3.05, 3.63) is 24.3 Å². The molecule has 0 aromatic heterocycles. The molecule has 1 aliphatic carbocycles. The number of hydrogen-bond donors (Lipinski definition) is 3. The van der Waals surface area contributed by atoms with Crippen LogP contribution in [0.25, 0.3) is 0 Å². The second-order valence-electron chi connectivity index (χ2n) is 5.19. The molecule has 2 unspecified atom stereocenters. The van der Waals surface area contributed by atoms with Crippen molar-refractivity contribution in [3.8, 4) is 0 Å². The molecule has 2 atom stereocenters. The molecule has 5 heteroatoms. The fraction of sp³-hybridized carbons (Fsp3) is 0.533. The number of nitrogens with two attached hydrogens (primary N) is 1. The summed E-state index contributed by atoms with van der Waals surface area (Å²) < 4.78 is 4.83. The SMILES string of the molecule is CCOC(=O)Nc1ccc(NC2CCCC(N)C2)cc1. The third-order valence-corrected chi connectivity index (χ3v) is 3.49. The van der Waals surface area contributed by atoms with Crippen LogP contribution in [0.3, 0.4) is 0 Å². The van der Waals surface area contributed by atoms with Gasteiger partial charge in [0.2, 0.25) is 0 Å². The standard InChI is InChI=1S/C15H23N3O2/c1-2-20-15(19)18-13-8-6-12(7-9-13)17-14-5-3-4-11(16)10-14/h6-9,11,14,17H,2-5,10,16H2,1H3,(H,18,19). The van der Waals surface area contributed by atoms with Gasteiger partial charge in [0.1, 0.15) is 0 Å². The minimum atomic E-state index is -0.425. The predicted octanol–water partition coefficient (Wildman–Crippen LogP) is 2.94. The van der Waals surface area contributed by atoms with Crippen LogP contribution in [0.5, 0.6) is 0 Å². The van der Waals surface area contributed by atoms with E-state index in [1.165, 1.54) is 6.42 Å². The zero-order chi connectivity index (χ0) is 14.4. The molecule has 1 aliphatic rings. The lowest BCUT2D eigenvalue weighted by molar-refractivity contribution is 0.168.